The number of hydrogen-bond acceptors (Lipinski definition) is 5. The fraction of sp³-hybridized carbons (Fsp3) is 0.609. The molecule has 8 nitrogen and oxygen atoms in total. The van der Waals surface area contributed by atoms with Crippen LogP contribution in [0.5, 0.6) is 5.75 Å². The van der Waals surface area contributed by atoms with Crippen molar-refractivity contribution in [1.29, 1.82) is 0 Å². The van der Waals surface area contributed by atoms with E-state index in [0.29, 0.717) is 30.8 Å². The number of anilines is 1. The fourth-order valence-electron chi connectivity index (χ4n) is 6.01. The lowest BCUT2D eigenvalue weighted by Gasteiger charge is -2.44. The first kappa shape index (κ1) is 20.3. The van der Waals surface area contributed by atoms with Gasteiger partial charge in [-0.25, -0.2) is 0 Å². The van der Waals surface area contributed by atoms with Gasteiger partial charge in [-0.05, 0) is 51.2 Å². The zero-order valence-corrected chi connectivity index (χ0v) is 18.4. The molecule has 3 fully saturated rings. The molecule has 1 spiro atoms. The van der Waals surface area contributed by atoms with Crippen molar-refractivity contribution >= 4 is 23.4 Å². The Balaban J connectivity index is 1.66. The van der Waals surface area contributed by atoms with Crippen LogP contribution in [0.1, 0.15) is 45.1 Å². The molecule has 4 aliphatic heterocycles. The summed E-state index contributed by atoms with van der Waals surface area (Å²) in [4.78, 5) is 44.1. The molecule has 0 unspecified atom stereocenters. The maximum atomic E-state index is 13.6. The molecule has 4 atom stereocenters. The van der Waals surface area contributed by atoms with Crippen LogP contribution < -0.4 is 10.1 Å². The number of nitrogens with zero attached hydrogens (tertiary/aromatic N) is 2. The molecule has 3 amide bonds. The number of benzene rings is 1. The number of piperazine rings is 1. The number of methoxy groups -OCH3 is 2. The van der Waals surface area contributed by atoms with Crippen LogP contribution in [0.4, 0.5) is 5.69 Å². The van der Waals surface area contributed by atoms with Crippen LogP contribution >= 0.6 is 0 Å². The number of amides is 3. The van der Waals surface area contributed by atoms with E-state index in [1.807, 2.05) is 26.0 Å². The van der Waals surface area contributed by atoms with E-state index in [0.717, 1.165) is 12.0 Å². The first-order valence-electron chi connectivity index (χ1n) is 10.9. The molecule has 4 heterocycles. The van der Waals surface area contributed by atoms with Crippen LogP contribution in [0.3, 0.4) is 0 Å². The van der Waals surface area contributed by atoms with Crippen molar-refractivity contribution in [3.05, 3.63) is 23.8 Å². The number of carbonyl (C=O) groups is 3. The van der Waals surface area contributed by atoms with Crippen molar-refractivity contribution in [3.8, 4) is 5.75 Å². The standard InChI is InChI=1S/C23H29N3O5/c1-22(2,31-4)12-18-23(14-8-7-13(30-3)10-15(14)24-21(23)29)11-17-19(27)25-9-5-6-16(25)20(28)26(17)18/h7-8,10,16-18H,5-6,9,11-12H2,1-4H3,(H,24,29)/t16-,17+,18-,23-/m0/s1. The van der Waals surface area contributed by atoms with E-state index in [4.69, 9.17) is 9.47 Å². The van der Waals surface area contributed by atoms with Crippen LogP contribution in [0.25, 0.3) is 0 Å². The molecule has 0 saturated carbocycles. The molecule has 4 aliphatic rings. The molecular formula is C23H29N3O5. The van der Waals surface area contributed by atoms with Crippen molar-refractivity contribution < 1.29 is 23.9 Å². The largest absolute Gasteiger partial charge is 0.497 e. The number of nitrogens with one attached hydrogen (secondary N) is 1. The van der Waals surface area contributed by atoms with E-state index in [1.54, 1.807) is 30.1 Å². The van der Waals surface area contributed by atoms with Crippen LogP contribution in [0.15, 0.2) is 18.2 Å². The smallest absolute Gasteiger partial charge is 0.246 e. The third kappa shape index (κ3) is 2.67. The van der Waals surface area contributed by atoms with Gasteiger partial charge in [-0.15, -0.1) is 0 Å². The molecule has 0 radical (unpaired) electrons. The maximum absolute atomic E-state index is 13.6. The Kier molecular flexibility index (Phi) is 4.38. The highest BCUT2D eigenvalue weighted by molar-refractivity contribution is 6.10. The molecule has 5 rings (SSSR count). The molecule has 1 N–H and O–H groups in total. The van der Waals surface area contributed by atoms with Gasteiger partial charge in [0.05, 0.1) is 24.2 Å². The monoisotopic (exact) mass is 427 g/mol. The van der Waals surface area contributed by atoms with Gasteiger partial charge in [0, 0.05) is 25.4 Å². The number of fused-ring (bicyclic) bond motifs is 4. The maximum Gasteiger partial charge on any atom is 0.246 e. The van der Waals surface area contributed by atoms with E-state index in [9.17, 15) is 14.4 Å². The SMILES string of the molecule is COc1ccc2c(c1)NC(=O)[C@@]21C[C@@H]2C(=O)N3CCC[C@H]3C(=O)N2[C@H]1CC(C)(C)OC. The Bertz CT molecular complexity index is 976. The van der Waals surface area contributed by atoms with Crippen molar-refractivity contribution in [2.24, 2.45) is 0 Å². The van der Waals surface area contributed by atoms with Crippen LogP contribution in [-0.4, -0.2) is 72.0 Å². The lowest BCUT2D eigenvalue weighted by Crippen LogP contribution is -2.63. The molecule has 1 aromatic rings. The second-order valence-corrected chi connectivity index (χ2v) is 9.68. The van der Waals surface area contributed by atoms with Gasteiger partial charge in [-0.3, -0.25) is 14.4 Å². The minimum absolute atomic E-state index is 0.0334. The second-order valence-electron chi connectivity index (χ2n) is 9.68. The van der Waals surface area contributed by atoms with Gasteiger partial charge in [0.2, 0.25) is 17.7 Å². The summed E-state index contributed by atoms with van der Waals surface area (Å²) < 4.78 is 11.0. The number of carbonyl (C=O) groups excluding carboxylic acids is 3. The van der Waals surface area contributed by atoms with Gasteiger partial charge in [0.1, 0.15) is 17.8 Å². The molecule has 0 aromatic heterocycles. The van der Waals surface area contributed by atoms with E-state index in [1.165, 1.54) is 0 Å². The Morgan fingerprint density at radius 1 is 1.16 bits per heavy atom. The molecule has 0 aliphatic carbocycles. The highest BCUT2D eigenvalue weighted by atomic mass is 16.5. The van der Waals surface area contributed by atoms with Crippen molar-refractivity contribution in [2.45, 2.75) is 68.7 Å². The van der Waals surface area contributed by atoms with E-state index in [2.05, 4.69) is 5.32 Å². The summed E-state index contributed by atoms with van der Waals surface area (Å²) in [7, 11) is 3.22. The fourth-order valence-corrected chi connectivity index (χ4v) is 6.01. The Morgan fingerprint density at radius 3 is 2.65 bits per heavy atom. The predicted octanol–water partition coefficient (Wildman–Crippen LogP) is 1.67. The minimum Gasteiger partial charge on any atom is -0.497 e. The van der Waals surface area contributed by atoms with Gasteiger partial charge in [0.25, 0.3) is 0 Å². The molecule has 3 saturated heterocycles. The summed E-state index contributed by atoms with van der Waals surface area (Å²) in [5.41, 5.74) is -0.0547. The third-order valence-electron chi connectivity index (χ3n) is 7.71. The summed E-state index contributed by atoms with van der Waals surface area (Å²) in [6.07, 6.45) is 2.26. The van der Waals surface area contributed by atoms with Crippen molar-refractivity contribution in [2.75, 3.05) is 26.1 Å². The molecule has 0 bridgehead atoms. The molecule has 8 heteroatoms. The zero-order chi connectivity index (χ0) is 22.1. The van der Waals surface area contributed by atoms with Crippen LogP contribution in [0, 0.1) is 0 Å². The Hall–Kier alpha value is -2.61. The topological polar surface area (TPSA) is 88.2 Å². The Labute approximate surface area is 181 Å². The van der Waals surface area contributed by atoms with Gasteiger partial charge < -0.3 is 24.6 Å². The number of ether oxygens (including phenoxy) is 2. The average molecular weight is 428 g/mol. The zero-order valence-electron chi connectivity index (χ0n) is 18.4. The van der Waals surface area contributed by atoms with Crippen molar-refractivity contribution in [1.82, 2.24) is 9.80 Å². The van der Waals surface area contributed by atoms with E-state index in [-0.39, 0.29) is 24.1 Å². The quantitative estimate of drug-likeness (QED) is 0.790. The second kappa shape index (κ2) is 6.69. The van der Waals surface area contributed by atoms with E-state index >= 15 is 0 Å². The van der Waals surface area contributed by atoms with Gasteiger partial charge in [-0.2, -0.15) is 0 Å². The molecule has 1 aromatic carbocycles. The molecular weight excluding hydrogens is 398 g/mol. The van der Waals surface area contributed by atoms with Gasteiger partial charge in [-0.1, -0.05) is 6.07 Å². The summed E-state index contributed by atoms with van der Waals surface area (Å²) >= 11 is 0. The lowest BCUT2D eigenvalue weighted by atomic mass is 9.71. The molecule has 31 heavy (non-hydrogen) atoms. The lowest BCUT2D eigenvalue weighted by molar-refractivity contribution is -0.160. The predicted molar refractivity (Wildman–Crippen MR) is 113 cm³/mol. The first-order valence-corrected chi connectivity index (χ1v) is 10.9. The average Bonchev–Trinajstić information content (AvgIpc) is 3.43. The summed E-state index contributed by atoms with van der Waals surface area (Å²) in [5.74, 6) is 0.413. The highest BCUT2D eigenvalue weighted by Crippen LogP contribution is 2.54. The first-order chi connectivity index (χ1) is 14.7. The van der Waals surface area contributed by atoms with Crippen LogP contribution in [-0.2, 0) is 24.5 Å². The third-order valence-corrected chi connectivity index (χ3v) is 7.71. The number of hydrogen-bond donors (Lipinski definition) is 1. The Morgan fingerprint density at radius 2 is 1.94 bits per heavy atom. The van der Waals surface area contributed by atoms with Crippen LogP contribution in [0.2, 0.25) is 0 Å². The van der Waals surface area contributed by atoms with Crippen molar-refractivity contribution in [3.63, 3.8) is 0 Å². The highest BCUT2D eigenvalue weighted by Gasteiger charge is 2.67. The number of rotatable bonds is 4. The summed E-state index contributed by atoms with van der Waals surface area (Å²) in [6, 6.07) is 4.03. The molecule has 166 valence electrons. The van der Waals surface area contributed by atoms with Gasteiger partial charge >= 0.3 is 0 Å². The van der Waals surface area contributed by atoms with E-state index < -0.39 is 29.1 Å². The normalized spacial score (nSPS) is 31.7. The summed E-state index contributed by atoms with van der Waals surface area (Å²) in [6.45, 7) is 4.52. The summed E-state index contributed by atoms with van der Waals surface area (Å²) in [5, 5.41) is 3.01. The van der Waals surface area contributed by atoms with Gasteiger partial charge in [0.15, 0.2) is 0 Å². The minimum atomic E-state index is -0.993.